The minimum Gasteiger partial charge on any atom is -0.466 e. The van der Waals surface area contributed by atoms with E-state index in [1.54, 1.807) is 6.20 Å². The van der Waals surface area contributed by atoms with Crippen LogP contribution in [-0.2, 0) is 14.3 Å². The average molecular weight is 470 g/mol. The molecule has 4 unspecified atom stereocenters. The molecule has 2 fully saturated rings. The number of nitrogens with zero attached hydrogens (tertiary/aromatic N) is 3. The minimum atomic E-state index is -0.0445. The third-order valence-corrected chi connectivity index (χ3v) is 5.97. The van der Waals surface area contributed by atoms with Gasteiger partial charge in [0.2, 0.25) is 11.2 Å². The van der Waals surface area contributed by atoms with Crippen LogP contribution in [0.1, 0.15) is 60.8 Å². The first-order valence-electron chi connectivity index (χ1n) is 11.3. The van der Waals surface area contributed by atoms with Gasteiger partial charge in [-0.25, -0.2) is 9.97 Å². The molecule has 0 spiro atoms. The zero-order valence-electron chi connectivity index (χ0n) is 19.1. The Hall–Kier alpha value is -1.93. The second-order valence-corrected chi connectivity index (χ2v) is 8.53. The largest absolute Gasteiger partial charge is 0.466 e. The van der Waals surface area contributed by atoms with Gasteiger partial charge in [-0.3, -0.25) is 9.59 Å². The molecule has 3 rings (SSSR count). The van der Waals surface area contributed by atoms with Gasteiger partial charge in [-0.2, -0.15) is 0 Å². The molecule has 0 bridgehead atoms. The normalized spacial score (nSPS) is 25.0. The van der Waals surface area contributed by atoms with Crippen molar-refractivity contribution in [3.05, 3.63) is 17.5 Å². The summed E-state index contributed by atoms with van der Waals surface area (Å²) in [6.07, 6.45) is 5.58. The highest BCUT2D eigenvalue weighted by Gasteiger charge is 2.30. The molecule has 0 saturated carbocycles. The number of piperidine rings is 2. The van der Waals surface area contributed by atoms with E-state index in [-0.39, 0.29) is 36.4 Å². The van der Waals surface area contributed by atoms with Crippen LogP contribution >= 0.6 is 11.6 Å². The van der Waals surface area contributed by atoms with E-state index in [1.165, 1.54) is 0 Å². The lowest BCUT2D eigenvalue weighted by molar-refractivity contribution is -0.148. The molecule has 0 radical (unpaired) electrons. The highest BCUT2D eigenvalue weighted by Crippen LogP contribution is 2.26. The molecule has 0 aliphatic carbocycles. The third-order valence-electron chi connectivity index (χ3n) is 5.79. The summed E-state index contributed by atoms with van der Waals surface area (Å²) in [5, 5.41) is 6.40. The van der Waals surface area contributed by atoms with Crippen LogP contribution in [0.25, 0.3) is 0 Å². The standard InChI is InChI=1S/C13H19ClN4O.C9H17NO2.CH4/c1-3-15-12(19)10-5-4-9(2)18(8-10)11-6-7-16-13(14)17-11;1-3-12-9(11)8-5-4-7(2)10-6-8;/h6-7,9-10H,3-5,8H2,1-2H3,(H,15,19);7-8,10H,3-6H2,1-2H3;1H4. The summed E-state index contributed by atoms with van der Waals surface area (Å²) >= 11 is 5.83. The van der Waals surface area contributed by atoms with Crippen molar-refractivity contribution in [3.8, 4) is 0 Å². The van der Waals surface area contributed by atoms with Gasteiger partial charge < -0.3 is 20.3 Å². The van der Waals surface area contributed by atoms with Crippen molar-refractivity contribution >= 4 is 29.3 Å². The molecule has 1 aromatic rings. The number of carbonyl (C=O) groups excluding carboxylic acids is 2. The molecule has 2 N–H and O–H groups in total. The van der Waals surface area contributed by atoms with Gasteiger partial charge in [-0.15, -0.1) is 0 Å². The zero-order valence-corrected chi connectivity index (χ0v) is 19.8. The molecule has 9 heteroatoms. The molecule has 2 saturated heterocycles. The number of rotatable bonds is 5. The molecule has 2 aliphatic heterocycles. The molecule has 0 aromatic carbocycles. The van der Waals surface area contributed by atoms with Crippen LogP contribution in [0.15, 0.2) is 12.3 Å². The SMILES string of the molecule is C.CCNC(=O)C1CCC(C)N(c2ccnc(Cl)n2)C1.CCOC(=O)C1CCC(C)NC1. The van der Waals surface area contributed by atoms with E-state index < -0.39 is 0 Å². The number of esters is 1. The van der Waals surface area contributed by atoms with Gasteiger partial charge in [0, 0.05) is 37.9 Å². The van der Waals surface area contributed by atoms with E-state index in [2.05, 4.69) is 39.3 Å². The van der Waals surface area contributed by atoms with E-state index >= 15 is 0 Å². The van der Waals surface area contributed by atoms with Crippen molar-refractivity contribution in [3.63, 3.8) is 0 Å². The molecule has 182 valence electrons. The van der Waals surface area contributed by atoms with E-state index in [0.717, 1.165) is 38.0 Å². The number of hydrogen-bond acceptors (Lipinski definition) is 7. The monoisotopic (exact) mass is 469 g/mol. The Labute approximate surface area is 197 Å². The van der Waals surface area contributed by atoms with E-state index in [9.17, 15) is 9.59 Å². The molecule has 8 nitrogen and oxygen atoms in total. The third kappa shape index (κ3) is 8.54. The summed E-state index contributed by atoms with van der Waals surface area (Å²) in [6.45, 7) is 10.7. The number of aromatic nitrogens is 2. The topological polar surface area (TPSA) is 96.5 Å². The van der Waals surface area contributed by atoms with Crippen molar-refractivity contribution in [2.75, 3.05) is 31.1 Å². The van der Waals surface area contributed by atoms with Crippen LogP contribution in [0.2, 0.25) is 5.28 Å². The lowest BCUT2D eigenvalue weighted by Gasteiger charge is -2.38. The maximum Gasteiger partial charge on any atom is 0.310 e. The maximum atomic E-state index is 12.0. The Morgan fingerprint density at radius 2 is 1.94 bits per heavy atom. The van der Waals surface area contributed by atoms with Crippen LogP contribution in [0.4, 0.5) is 5.82 Å². The first kappa shape index (κ1) is 28.1. The fourth-order valence-corrected chi connectivity index (χ4v) is 4.05. The van der Waals surface area contributed by atoms with Gasteiger partial charge in [-0.05, 0) is 71.0 Å². The predicted molar refractivity (Wildman–Crippen MR) is 129 cm³/mol. The number of hydrogen-bond donors (Lipinski definition) is 2. The fraction of sp³-hybridized carbons (Fsp3) is 0.739. The Bertz CT molecular complexity index is 713. The van der Waals surface area contributed by atoms with Crippen LogP contribution in [0.3, 0.4) is 0 Å². The second kappa shape index (κ2) is 14.3. The first-order valence-corrected chi connectivity index (χ1v) is 11.7. The smallest absolute Gasteiger partial charge is 0.310 e. The number of halogens is 1. The van der Waals surface area contributed by atoms with Gasteiger partial charge in [0.1, 0.15) is 5.82 Å². The zero-order chi connectivity index (χ0) is 22.8. The predicted octanol–water partition coefficient (Wildman–Crippen LogP) is 3.44. The number of nitrogens with one attached hydrogen (secondary N) is 2. The van der Waals surface area contributed by atoms with Crippen LogP contribution in [0.5, 0.6) is 0 Å². The number of ether oxygens (including phenoxy) is 1. The quantitative estimate of drug-likeness (QED) is 0.503. The van der Waals surface area contributed by atoms with Crippen molar-refractivity contribution in [1.29, 1.82) is 0 Å². The highest BCUT2D eigenvalue weighted by molar-refractivity contribution is 6.28. The van der Waals surface area contributed by atoms with Crippen molar-refractivity contribution in [1.82, 2.24) is 20.6 Å². The van der Waals surface area contributed by atoms with Crippen molar-refractivity contribution in [2.24, 2.45) is 11.8 Å². The van der Waals surface area contributed by atoms with Crippen molar-refractivity contribution < 1.29 is 14.3 Å². The molecular weight excluding hydrogens is 430 g/mol. The lowest BCUT2D eigenvalue weighted by Crippen LogP contribution is -2.47. The highest BCUT2D eigenvalue weighted by atomic mass is 35.5. The summed E-state index contributed by atoms with van der Waals surface area (Å²) in [7, 11) is 0. The van der Waals surface area contributed by atoms with Crippen LogP contribution in [-0.4, -0.2) is 60.2 Å². The van der Waals surface area contributed by atoms with E-state index in [4.69, 9.17) is 16.3 Å². The van der Waals surface area contributed by atoms with E-state index in [0.29, 0.717) is 31.8 Å². The summed E-state index contributed by atoms with van der Waals surface area (Å²) in [5.41, 5.74) is 0. The van der Waals surface area contributed by atoms with Gasteiger partial charge in [0.15, 0.2) is 0 Å². The number of carbonyl (C=O) groups is 2. The molecule has 1 amide bonds. The Kier molecular flexibility index (Phi) is 12.5. The molecule has 2 aliphatic rings. The molecule has 3 heterocycles. The summed E-state index contributed by atoms with van der Waals surface area (Å²) in [5.74, 6) is 0.976. The minimum absolute atomic E-state index is 0. The molecule has 32 heavy (non-hydrogen) atoms. The van der Waals surface area contributed by atoms with Gasteiger partial charge >= 0.3 is 5.97 Å². The van der Waals surface area contributed by atoms with Crippen molar-refractivity contribution in [2.45, 2.75) is 72.9 Å². The van der Waals surface area contributed by atoms with Crippen LogP contribution < -0.4 is 15.5 Å². The molecule has 4 atom stereocenters. The molecule has 1 aromatic heterocycles. The first-order chi connectivity index (χ1) is 14.8. The maximum absolute atomic E-state index is 12.0. The Balaban J connectivity index is 0.000000342. The lowest BCUT2D eigenvalue weighted by atomic mass is 9.92. The van der Waals surface area contributed by atoms with Gasteiger partial charge in [-0.1, -0.05) is 7.43 Å². The number of amides is 1. The molecular formula is C23H40ClN5O3. The van der Waals surface area contributed by atoms with E-state index in [1.807, 2.05) is 19.9 Å². The average Bonchev–Trinajstić information content (AvgIpc) is 2.75. The number of anilines is 1. The van der Waals surface area contributed by atoms with Gasteiger partial charge in [0.25, 0.3) is 0 Å². The Morgan fingerprint density at radius 1 is 1.22 bits per heavy atom. The van der Waals surface area contributed by atoms with Gasteiger partial charge in [0.05, 0.1) is 18.4 Å². The Morgan fingerprint density at radius 3 is 2.53 bits per heavy atom. The second-order valence-electron chi connectivity index (χ2n) is 8.19. The van der Waals surface area contributed by atoms with Crippen LogP contribution in [0, 0.1) is 11.8 Å². The summed E-state index contributed by atoms with van der Waals surface area (Å²) in [4.78, 5) is 33.5. The summed E-state index contributed by atoms with van der Waals surface area (Å²) in [6, 6.07) is 2.75. The summed E-state index contributed by atoms with van der Waals surface area (Å²) < 4.78 is 4.94. The fourth-order valence-electron chi connectivity index (χ4n) is 3.90.